The number of hydrogen-bond donors (Lipinski definition) is 1. The molecular weight excluding hydrogens is 228 g/mol. The fourth-order valence-corrected chi connectivity index (χ4v) is 2.43. The van der Waals surface area contributed by atoms with Gasteiger partial charge in [-0.25, -0.2) is 0 Å². The zero-order valence-corrected chi connectivity index (χ0v) is 10.2. The molecule has 94 valence electrons. The Labute approximate surface area is 106 Å². The minimum absolute atomic E-state index is 0.185. The molecule has 0 bridgehead atoms. The van der Waals surface area contributed by atoms with E-state index in [1.54, 1.807) is 12.1 Å². The molecule has 1 aliphatic rings. The van der Waals surface area contributed by atoms with Gasteiger partial charge < -0.3 is 10.0 Å². The third kappa shape index (κ3) is 2.52. The summed E-state index contributed by atoms with van der Waals surface area (Å²) in [4.78, 5) is 12.8. The second-order valence-electron chi connectivity index (χ2n) is 4.64. The van der Waals surface area contributed by atoms with Crippen molar-refractivity contribution in [2.24, 2.45) is 5.92 Å². The summed E-state index contributed by atoms with van der Waals surface area (Å²) < 4.78 is 0. The smallest absolute Gasteiger partial charge is 0.150 e. The lowest BCUT2D eigenvalue weighted by atomic mass is 9.97. The van der Waals surface area contributed by atoms with Crippen molar-refractivity contribution in [3.63, 3.8) is 0 Å². The van der Waals surface area contributed by atoms with Crippen LogP contribution in [-0.4, -0.2) is 31.1 Å². The topological polar surface area (TPSA) is 64.3 Å². The van der Waals surface area contributed by atoms with Crippen LogP contribution < -0.4 is 4.90 Å². The number of nitriles is 1. The van der Waals surface area contributed by atoms with Gasteiger partial charge in [0.2, 0.25) is 0 Å². The van der Waals surface area contributed by atoms with Crippen molar-refractivity contribution in [3.8, 4) is 6.07 Å². The van der Waals surface area contributed by atoms with Crippen LogP contribution >= 0.6 is 0 Å². The van der Waals surface area contributed by atoms with Gasteiger partial charge in [0, 0.05) is 25.3 Å². The van der Waals surface area contributed by atoms with E-state index in [0.29, 0.717) is 11.1 Å². The third-order valence-corrected chi connectivity index (χ3v) is 3.40. The highest BCUT2D eigenvalue weighted by atomic mass is 16.3. The van der Waals surface area contributed by atoms with E-state index in [0.717, 1.165) is 37.9 Å². The lowest BCUT2D eigenvalue weighted by molar-refractivity contribution is 0.112. The maximum Gasteiger partial charge on any atom is 0.150 e. The second-order valence-corrected chi connectivity index (χ2v) is 4.64. The fourth-order valence-electron chi connectivity index (χ4n) is 2.43. The molecule has 1 aromatic carbocycles. The number of hydrogen-bond acceptors (Lipinski definition) is 4. The monoisotopic (exact) mass is 244 g/mol. The SMILES string of the molecule is N#Cc1cc(C=O)ccc1N1CCCC(CO)C1. The summed E-state index contributed by atoms with van der Waals surface area (Å²) in [5.41, 5.74) is 1.91. The molecule has 1 saturated heterocycles. The summed E-state index contributed by atoms with van der Waals surface area (Å²) in [6.45, 7) is 1.85. The van der Waals surface area contributed by atoms with Gasteiger partial charge in [0.05, 0.1) is 11.3 Å². The summed E-state index contributed by atoms with van der Waals surface area (Å²) in [6, 6.07) is 7.30. The molecule has 18 heavy (non-hydrogen) atoms. The number of benzene rings is 1. The highest BCUT2D eigenvalue weighted by Gasteiger charge is 2.21. The predicted molar refractivity (Wildman–Crippen MR) is 68.6 cm³/mol. The normalized spacial score (nSPS) is 19.3. The number of aldehydes is 1. The van der Waals surface area contributed by atoms with Gasteiger partial charge in [-0.3, -0.25) is 4.79 Å². The van der Waals surface area contributed by atoms with Gasteiger partial charge in [-0.15, -0.1) is 0 Å². The predicted octanol–water partition coefficient (Wildman–Crippen LogP) is 1.58. The Morgan fingerprint density at radius 2 is 2.39 bits per heavy atom. The maximum absolute atomic E-state index is 10.7. The second kappa shape index (κ2) is 5.65. The lowest BCUT2D eigenvalue weighted by Crippen LogP contribution is -2.37. The first-order valence-electron chi connectivity index (χ1n) is 6.13. The van der Waals surface area contributed by atoms with Crippen LogP contribution in [0, 0.1) is 17.2 Å². The number of aliphatic hydroxyl groups is 1. The van der Waals surface area contributed by atoms with Gasteiger partial charge in [-0.2, -0.15) is 5.26 Å². The number of rotatable bonds is 3. The highest BCUT2D eigenvalue weighted by molar-refractivity contribution is 5.78. The summed E-state index contributed by atoms with van der Waals surface area (Å²) >= 11 is 0. The van der Waals surface area contributed by atoms with Gasteiger partial charge in [-0.1, -0.05) is 0 Å². The first kappa shape index (κ1) is 12.6. The van der Waals surface area contributed by atoms with Crippen LogP contribution in [0.15, 0.2) is 18.2 Å². The van der Waals surface area contributed by atoms with Crippen LogP contribution in [0.5, 0.6) is 0 Å². The molecule has 1 atom stereocenters. The van der Waals surface area contributed by atoms with Crippen molar-refractivity contribution in [1.82, 2.24) is 0 Å². The summed E-state index contributed by atoms with van der Waals surface area (Å²) in [5.74, 6) is 0.274. The standard InChI is InChI=1S/C14H16N2O2/c15-7-13-6-11(9-17)3-4-14(13)16-5-1-2-12(8-16)10-18/h3-4,6,9,12,18H,1-2,5,8,10H2. The molecule has 1 aromatic rings. The molecule has 0 saturated carbocycles. The van der Waals surface area contributed by atoms with Gasteiger partial charge in [0.15, 0.2) is 0 Å². The molecule has 1 aliphatic heterocycles. The molecule has 0 aliphatic carbocycles. The van der Waals surface area contributed by atoms with E-state index in [-0.39, 0.29) is 12.5 Å². The Hall–Kier alpha value is -1.86. The Balaban J connectivity index is 2.27. The first-order valence-corrected chi connectivity index (χ1v) is 6.13. The molecule has 1 fully saturated rings. The van der Waals surface area contributed by atoms with E-state index in [1.165, 1.54) is 0 Å². The Kier molecular flexibility index (Phi) is 3.96. The molecule has 0 aromatic heterocycles. The number of nitrogens with zero attached hydrogens (tertiary/aromatic N) is 2. The van der Waals surface area contributed by atoms with E-state index < -0.39 is 0 Å². The summed E-state index contributed by atoms with van der Waals surface area (Å²) in [7, 11) is 0. The zero-order valence-electron chi connectivity index (χ0n) is 10.2. The average Bonchev–Trinajstić information content (AvgIpc) is 2.46. The van der Waals surface area contributed by atoms with Crippen LogP contribution in [0.3, 0.4) is 0 Å². The number of anilines is 1. The average molecular weight is 244 g/mol. The minimum atomic E-state index is 0.185. The molecule has 1 heterocycles. The maximum atomic E-state index is 10.7. The van der Waals surface area contributed by atoms with Crippen LogP contribution in [0.1, 0.15) is 28.8 Å². The van der Waals surface area contributed by atoms with Crippen molar-refractivity contribution >= 4 is 12.0 Å². The van der Waals surface area contributed by atoms with Crippen LogP contribution in [0.25, 0.3) is 0 Å². The van der Waals surface area contributed by atoms with Crippen LogP contribution in [0.4, 0.5) is 5.69 Å². The quantitative estimate of drug-likeness (QED) is 0.820. The number of piperidine rings is 1. The number of carbonyl (C=O) groups is 1. The van der Waals surface area contributed by atoms with E-state index >= 15 is 0 Å². The van der Waals surface area contributed by atoms with Gasteiger partial charge >= 0.3 is 0 Å². The first-order chi connectivity index (χ1) is 8.78. The van der Waals surface area contributed by atoms with Crippen molar-refractivity contribution in [1.29, 1.82) is 5.26 Å². The Morgan fingerprint density at radius 3 is 3.06 bits per heavy atom. The highest BCUT2D eigenvalue weighted by Crippen LogP contribution is 2.26. The lowest BCUT2D eigenvalue weighted by Gasteiger charge is -2.34. The third-order valence-electron chi connectivity index (χ3n) is 3.40. The van der Waals surface area contributed by atoms with Gasteiger partial charge in [0.1, 0.15) is 12.4 Å². The molecule has 4 nitrogen and oxygen atoms in total. The molecule has 4 heteroatoms. The van der Waals surface area contributed by atoms with E-state index in [9.17, 15) is 9.90 Å². The van der Waals surface area contributed by atoms with Gasteiger partial charge in [-0.05, 0) is 37.0 Å². The molecular formula is C14H16N2O2. The summed E-state index contributed by atoms with van der Waals surface area (Å²) in [6.07, 6.45) is 2.80. The van der Waals surface area contributed by atoms with E-state index in [4.69, 9.17) is 5.26 Å². The molecule has 0 radical (unpaired) electrons. The summed E-state index contributed by atoms with van der Waals surface area (Å²) in [5, 5.41) is 18.4. The van der Waals surface area contributed by atoms with Crippen molar-refractivity contribution < 1.29 is 9.90 Å². The van der Waals surface area contributed by atoms with Crippen molar-refractivity contribution in [2.45, 2.75) is 12.8 Å². The van der Waals surface area contributed by atoms with Crippen molar-refractivity contribution in [3.05, 3.63) is 29.3 Å². The Bertz CT molecular complexity index is 479. The minimum Gasteiger partial charge on any atom is -0.396 e. The zero-order chi connectivity index (χ0) is 13.0. The number of carbonyl (C=O) groups excluding carboxylic acids is 1. The van der Waals surface area contributed by atoms with Crippen LogP contribution in [-0.2, 0) is 0 Å². The Morgan fingerprint density at radius 1 is 1.56 bits per heavy atom. The fraction of sp³-hybridized carbons (Fsp3) is 0.429. The van der Waals surface area contributed by atoms with Crippen molar-refractivity contribution in [2.75, 3.05) is 24.6 Å². The molecule has 0 amide bonds. The van der Waals surface area contributed by atoms with Gasteiger partial charge in [0.25, 0.3) is 0 Å². The largest absolute Gasteiger partial charge is 0.396 e. The number of aliphatic hydroxyl groups excluding tert-OH is 1. The molecule has 0 spiro atoms. The van der Waals surface area contributed by atoms with E-state index in [2.05, 4.69) is 11.0 Å². The molecule has 1 unspecified atom stereocenters. The molecule has 1 N–H and O–H groups in total. The molecule has 2 rings (SSSR count). The van der Waals surface area contributed by atoms with Crippen LogP contribution in [0.2, 0.25) is 0 Å². The van der Waals surface area contributed by atoms with E-state index in [1.807, 2.05) is 6.07 Å².